The number of hydrogen-bond donors (Lipinski definition) is 0. The van der Waals surface area contributed by atoms with Crippen LogP contribution in [0.25, 0.3) is 11.4 Å². The highest BCUT2D eigenvalue weighted by Gasteiger charge is 2.32. The Morgan fingerprint density at radius 2 is 1.73 bits per heavy atom. The summed E-state index contributed by atoms with van der Waals surface area (Å²) in [5.41, 5.74) is 1.01. The Labute approximate surface area is 183 Å². The highest BCUT2D eigenvalue weighted by molar-refractivity contribution is 7.86. The predicted molar refractivity (Wildman–Crippen MR) is 118 cm³/mol. The average Bonchev–Trinajstić information content (AvgIpc) is 3.54. The molecule has 1 aliphatic heterocycles. The summed E-state index contributed by atoms with van der Waals surface area (Å²) in [5, 5.41) is 4.82. The minimum absolute atomic E-state index is 0.422. The standard InChI is InChI=1S/C19H29N7O2S2/c1-3-23(4-2)30(27,28)24-13-11-22(12-14-24)15-25-19(29)26(17-5-6-17)18(21-25)16-7-9-20-10-8-16/h7-10,17H,3-6,11-15H2,1-2H3. The van der Waals surface area contributed by atoms with Crippen LogP contribution in [0.2, 0.25) is 0 Å². The van der Waals surface area contributed by atoms with Gasteiger partial charge in [0.25, 0.3) is 10.2 Å². The van der Waals surface area contributed by atoms with Gasteiger partial charge in [0.15, 0.2) is 10.6 Å². The molecule has 0 amide bonds. The van der Waals surface area contributed by atoms with Gasteiger partial charge in [0, 0.05) is 63.3 Å². The van der Waals surface area contributed by atoms with E-state index >= 15 is 0 Å². The van der Waals surface area contributed by atoms with Crippen molar-refractivity contribution in [3.8, 4) is 11.4 Å². The third-order valence-electron chi connectivity index (χ3n) is 5.74. The summed E-state index contributed by atoms with van der Waals surface area (Å²) in [6, 6.07) is 4.33. The Kier molecular flexibility index (Phi) is 6.35. The highest BCUT2D eigenvalue weighted by atomic mass is 32.2. The summed E-state index contributed by atoms with van der Waals surface area (Å²) >= 11 is 5.75. The van der Waals surface area contributed by atoms with E-state index in [-0.39, 0.29) is 0 Å². The Morgan fingerprint density at radius 1 is 1.10 bits per heavy atom. The van der Waals surface area contributed by atoms with Crippen LogP contribution >= 0.6 is 12.2 Å². The third kappa shape index (κ3) is 4.22. The molecule has 30 heavy (non-hydrogen) atoms. The average molecular weight is 452 g/mol. The van der Waals surface area contributed by atoms with Crippen molar-refractivity contribution in [2.75, 3.05) is 39.3 Å². The van der Waals surface area contributed by atoms with Crippen molar-refractivity contribution in [3.63, 3.8) is 0 Å². The predicted octanol–water partition coefficient (Wildman–Crippen LogP) is 1.97. The van der Waals surface area contributed by atoms with Gasteiger partial charge in [-0.2, -0.15) is 22.1 Å². The second kappa shape index (κ2) is 8.83. The normalized spacial score (nSPS) is 18.9. The van der Waals surface area contributed by atoms with E-state index < -0.39 is 10.2 Å². The Balaban J connectivity index is 1.48. The summed E-state index contributed by atoms with van der Waals surface area (Å²) in [5.74, 6) is 0.882. The van der Waals surface area contributed by atoms with Crippen molar-refractivity contribution in [1.82, 2.24) is 32.8 Å². The highest BCUT2D eigenvalue weighted by Crippen LogP contribution is 2.38. The molecule has 4 rings (SSSR count). The van der Waals surface area contributed by atoms with Gasteiger partial charge in [-0.15, -0.1) is 0 Å². The summed E-state index contributed by atoms with van der Waals surface area (Å²) in [4.78, 5) is 6.31. The van der Waals surface area contributed by atoms with Gasteiger partial charge in [-0.3, -0.25) is 14.5 Å². The van der Waals surface area contributed by atoms with Crippen molar-refractivity contribution < 1.29 is 8.42 Å². The first-order valence-corrected chi connectivity index (χ1v) is 12.3. The van der Waals surface area contributed by atoms with Gasteiger partial charge < -0.3 is 0 Å². The van der Waals surface area contributed by atoms with Crippen LogP contribution in [-0.4, -0.2) is 80.5 Å². The number of piperazine rings is 1. The fourth-order valence-electron chi connectivity index (χ4n) is 3.88. The van der Waals surface area contributed by atoms with Gasteiger partial charge >= 0.3 is 0 Å². The Morgan fingerprint density at radius 3 is 2.30 bits per heavy atom. The monoisotopic (exact) mass is 451 g/mol. The second-order valence-electron chi connectivity index (χ2n) is 7.69. The molecule has 0 unspecified atom stereocenters. The molecule has 2 aromatic heterocycles. The van der Waals surface area contributed by atoms with Crippen molar-refractivity contribution in [2.24, 2.45) is 0 Å². The van der Waals surface area contributed by atoms with Crippen LogP contribution < -0.4 is 0 Å². The molecular weight excluding hydrogens is 422 g/mol. The molecule has 3 heterocycles. The van der Waals surface area contributed by atoms with Crippen molar-refractivity contribution in [2.45, 2.75) is 39.4 Å². The van der Waals surface area contributed by atoms with Crippen molar-refractivity contribution in [1.29, 1.82) is 0 Å². The molecule has 0 N–H and O–H groups in total. The van der Waals surface area contributed by atoms with Gasteiger partial charge in [-0.1, -0.05) is 13.8 Å². The van der Waals surface area contributed by atoms with Crippen LogP contribution in [0.1, 0.15) is 32.7 Å². The van der Waals surface area contributed by atoms with Crippen LogP contribution in [0.5, 0.6) is 0 Å². The molecule has 0 bridgehead atoms. The lowest BCUT2D eigenvalue weighted by atomic mass is 10.2. The maximum Gasteiger partial charge on any atom is 0.282 e. The fourth-order valence-corrected chi connectivity index (χ4v) is 5.81. The summed E-state index contributed by atoms with van der Waals surface area (Å²) in [6.45, 7) is 7.56. The van der Waals surface area contributed by atoms with Gasteiger partial charge in [-0.25, -0.2) is 4.68 Å². The molecule has 2 fully saturated rings. The first-order chi connectivity index (χ1) is 14.5. The molecule has 1 saturated heterocycles. The number of hydrogen-bond acceptors (Lipinski definition) is 6. The molecule has 1 saturated carbocycles. The maximum absolute atomic E-state index is 12.7. The lowest BCUT2D eigenvalue weighted by Crippen LogP contribution is -2.53. The van der Waals surface area contributed by atoms with Crippen molar-refractivity contribution in [3.05, 3.63) is 29.3 Å². The van der Waals surface area contributed by atoms with E-state index in [0.29, 0.717) is 52.0 Å². The smallest absolute Gasteiger partial charge is 0.282 e. The van der Waals surface area contributed by atoms with Crippen molar-refractivity contribution >= 4 is 22.4 Å². The van der Waals surface area contributed by atoms with Crippen LogP contribution in [0.4, 0.5) is 0 Å². The van der Waals surface area contributed by atoms with Crippen LogP contribution in [0.15, 0.2) is 24.5 Å². The molecular formula is C19H29N7O2S2. The number of rotatable bonds is 8. The third-order valence-corrected chi connectivity index (χ3v) is 8.34. The van der Waals surface area contributed by atoms with Gasteiger partial charge in [0.05, 0.1) is 6.67 Å². The van der Waals surface area contributed by atoms with E-state index in [9.17, 15) is 8.42 Å². The number of aromatic nitrogens is 4. The molecule has 0 spiro atoms. The van der Waals surface area contributed by atoms with E-state index in [1.807, 2.05) is 30.7 Å². The van der Waals surface area contributed by atoms with Crippen LogP contribution in [-0.2, 0) is 16.9 Å². The lowest BCUT2D eigenvalue weighted by molar-refractivity contribution is 0.140. The molecule has 2 aliphatic rings. The van der Waals surface area contributed by atoms with Gasteiger partial charge in [0.1, 0.15) is 0 Å². The Bertz CT molecular complexity index is 1020. The minimum Gasteiger partial charge on any atom is -0.297 e. The molecule has 0 radical (unpaired) electrons. The van der Waals surface area contributed by atoms with Crippen LogP contribution in [0, 0.1) is 4.77 Å². The first kappa shape index (κ1) is 21.6. The molecule has 9 nitrogen and oxygen atoms in total. The summed E-state index contributed by atoms with van der Waals surface area (Å²) in [7, 11) is -3.38. The molecule has 1 aliphatic carbocycles. The van der Waals surface area contributed by atoms with E-state index in [1.165, 1.54) is 4.31 Å². The molecule has 11 heteroatoms. The second-order valence-corrected chi connectivity index (χ2v) is 9.99. The minimum atomic E-state index is -3.38. The zero-order chi connectivity index (χ0) is 21.3. The van der Waals surface area contributed by atoms with Crippen LogP contribution in [0.3, 0.4) is 0 Å². The lowest BCUT2D eigenvalue weighted by Gasteiger charge is -2.36. The zero-order valence-corrected chi connectivity index (χ0v) is 19.1. The van der Waals surface area contributed by atoms with Gasteiger partial charge in [0.2, 0.25) is 0 Å². The zero-order valence-electron chi connectivity index (χ0n) is 17.5. The molecule has 0 atom stereocenters. The van der Waals surface area contributed by atoms with E-state index in [0.717, 1.165) is 29.0 Å². The summed E-state index contributed by atoms with van der Waals surface area (Å²) in [6.07, 6.45) is 5.79. The largest absolute Gasteiger partial charge is 0.297 e. The summed E-state index contributed by atoms with van der Waals surface area (Å²) < 4.78 is 33.3. The maximum atomic E-state index is 12.7. The quantitative estimate of drug-likeness (QED) is 0.571. The number of nitrogens with zero attached hydrogens (tertiary/aromatic N) is 7. The van der Waals surface area contributed by atoms with E-state index in [2.05, 4.69) is 14.5 Å². The molecule has 0 aromatic carbocycles. The van der Waals surface area contributed by atoms with Gasteiger partial charge in [-0.05, 0) is 37.2 Å². The first-order valence-electron chi connectivity index (χ1n) is 10.5. The topological polar surface area (TPSA) is 79.5 Å². The Hall–Kier alpha value is -1.66. The van der Waals surface area contributed by atoms with E-state index in [1.54, 1.807) is 16.7 Å². The SMILES string of the molecule is CCN(CC)S(=O)(=O)N1CCN(Cn2nc(-c3ccncc3)n(C3CC3)c2=S)CC1. The molecule has 164 valence electrons. The molecule has 2 aromatic rings. The van der Waals surface area contributed by atoms with E-state index in [4.69, 9.17) is 17.3 Å². The number of pyridine rings is 1. The fraction of sp³-hybridized carbons (Fsp3) is 0.632.